The Morgan fingerprint density at radius 2 is 0.873 bits per heavy atom. The third-order valence-electron chi connectivity index (χ3n) is 15.8. The molecule has 0 saturated heterocycles. The maximum atomic E-state index is 2.65. The van der Waals surface area contributed by atoms with E-state index in [0.29, 0.717) is 11.8 Å². The second-order valence-corrected chi connectivity index (χ2v) is 18.9. The van der Waals surface area contributed by atoms with Gasteiger partial charge in [0.15, 0.2) is 0 Å². The third kappa shape index (κ3) is 4.70. The third-order valence-corrected chi connectivity index (χ3v) is 15.8. The molecule has 0 aromatic heterocycles. The molecule has 6 aliphatic rings. The number of aryl methyl sites for hydroxylation is 4. The van der Waals surface area contributed by atoms with Gasteiger partial charge in [-0.25, -0.2) is 0 Å². The van der Waals surface area contributed by atoms with Crippen molar-refractivity contribution in [1.82, 2.24) is 0 Å². The van der Waals surface area contributed by atoms with Crippen molar-refractivity contribution in [2.75, 3.05) is 9.80 Å². The zero-order valence-corrected chi connectivity index (χ0v) is 35.1. The Morgan fingerprint density at radius 1 is 0.381 bits per heavy atom. The number of fused-ring (bicyclic) bond motifs is 18. The van der Waals surface area contributed by atoms with Crippen LogP contribution in [0.4, 0.5) is 34.1 Å². The summed E-state index contributed by atoms with van der Waals surface area (Å²) in [6.07, 6.45) is 16.4. The quantitative estimate of drug-likeness (QED) is 0.127. The Labute approximate surface area is 368 Å². The lowest BCUT2D eigenvalue weighted by Crippen LogP contribution is -2.61. The van der Waals surface area contributed by atoms with E-state index in [-0.39, 0.29) is 6.71 Å². The van der Waals surface area contributed by atoms with Gasteiger partial charge in [0.2, 0.25) is 0 Å². The molecule has 2 unspecified atom stereocenters. The number of nitrogens with zero attached hydrogens (tertiary/aromatic N) is 2. The van der Waals surface area contributed by atoms with E-state index in [9.17, 15) is 0 Å². The first-order valence-corrected chi connectivity index (χ1v) is 23.2. The van der Waals surface area contributed by atoms with Crippen molar-refractivity contribution < 1.29 is 0 Å². The van der Waals surface area contributed by atoms with Crippen LogP contribution in [0, 0.1) is 0 Å². The molecular weight excluding hydrogens is 759 g/mol. The summed E-state index contributed by atoms with van der Waals surface area (Å²) in [7, 11) is 0. The van der Waals surface area contributed by atoms with Crippen LogP contribution in [0.25, 0.3) is 43.4 Å². The van der Waals surface area contributed by atoms with Crippen molar-refractivity contribution in [1.29, 1.82) is 0 Å². The van der Waals surface area contributed by atoms with Crippen LogP contribution in [-0.4, -0.2) is 6.71 Å². The van der Waals surface area contributed by atoms with Crippen molar-refractivity contribution in [2.24, 2.45) is 0 Å². The van der Waals surface area contributed by atoms with E-state index in [1.807, 2.05) is 0 Å². The number of hydrogen-bond acceptors (Lipinski definition) is 2. The molecule has 0 bridgehead atoms. The summed E-state index contributed by atoms with van der Waals surface area (Å²) in [5, 5.41) is 7.86. The van der Waals surface area contributed by atoms with E-state index in [1.165, 1.54) is 140 Å². The van der Waals surface area contributed by atoms with Gasteiger partial charge in [0.05, 0.1) is 0 Å². The van der Waals surface area contributed by atoms with Gasteiger partial charge in [0.1, 0.15) is 0 Å². The summed E-state index contributed by atoms with van der Waals surface area (Å²) in [6.45, 7) is 0.135. The highest BCUT2D eigenvalue weighted by Gasteiger charge is 2.45. The molecule has 3 heteroatoms. The lowest BCUT2D eigenvalue weighted by molar-refractivity contribution is 0.720. The molecule has 0 spiro atoms. The fourth-order valence-corrected chi connectivity index (χ4v) is 13.1. The normalized spacial score (nSPS) is 18.2. The minimum Gasteiger partial charge on any atom is -0.311 e. The Hall–Kier alpha value is -7.10. The van der Waals surface area contributed by atoms with Gasteiger partial charge in [-0.2, -0.15) is 0 Å². The zero-order valence-electron chi connectivity index (χ0n) is 35.1. The molecule has 0 saturated carbocycles. The number of hydrogen-bond donors (Lipinski definition) is 0. The van der Waals surface area contributed by atoms with E-state index in [4.69, 9.17) is 0 Å². The summed E-state index contributed by atoms with van der Waals surface area (Å²) >= 11 is 0. The average molecular weight is 803 g/mol. The lowest BCUT2D eigenvalue weighted by Gasteiger charge is -2.45. The highest BCUT2D eigenvalue weighted by atomic mass is 15.2. The monoisotopic (exact) mass is 802 g/mol. The van der Waals surface area contributed by atoms with E-state index < -0.39 is 0 Å². The molecule has 0 amide bonds. The summed E-state index contributed by atoms with van der Waals surface area (Å²) in [5.41, 5.74) is 23.7. The maximum Gasteiger partial charge on any atom is 0.252 e. The van der Waals surface area contributed by atoms with Crippen molar-refractivity contribution in [2.45, 2.75) is 50.4 Å². The Balaban J connectivity index is 0.998. The van der Waals surface area contributed by atoms with Gasteiger partial charge in [-0.15, -0.1) is 0 Å². The Morgan fingerprint density at radius 3 is 1.51 bits per heavy atom. The van der Waals surface area contributed by atoms with Gasteiger partial charge in [-0.1, -0.05) is 127 Å². The molecule has 2 aliphatic heterocycles. The van der Waals surface area contributed by atoms with Crippen LogP contribution < -0.4 is 26.2 Å². The number of anilines is 6. The maximum absolute atomic E-state index is 2.65. The fraction of sp³-hybridized carbons (Fsp3) is 0.133. The van der Waals surface area contributed by atoms with Crippen LogP contribution >= 0.6 is 0 Å². The number of benzene rings is 9. The molecule has 2 heterocycles. The van der Waals surface area contributed by atoms with Gasteiger partial charge < -0.3 is 9.80 Å². The minimum absolute atomic E-state index is 0.135. The lowest BCUT2D eigenvalue weighted by atomic mass is 9.33. The molecule has 0 fully saturated rings. The van der Waals surface area contributed by atoms with E-state index in [1.54, 1.807) is 0 Å². The Kier molecular flexibility index (Phi) is 6.97. The molecule has 63 heavy (non-hydrogen) atoms. The van der Waals surface area contributed by atoms with Gasteiger partial charge >= 0.3 is 0 Å². The van der Waals surface area contributed by atoms with Crippen LogP contribution in [-0.2, 0) is 25.7 Å². The molecule has 0 N–H and O–H groups in total. The number of rotatable bonds is 2. The van der Waals surface area contributed by atoms with Crippen molar-refractivity contribution in [3.8, 4) is 11.1 Å². The predicted molar refractivity (Wildman–Crippen MR) is 266 cm³/mol. The first-order valence-electron chi connectivity index (χ1n) is 23.2. The Bertz CT molecular complexity index is 3540. The van der Waals surface area contributed by atoms with E-state index in [0.717, 1.165) is 25.7 Å². The molecule has 4 aliphatic carbocycles. The summed E-state index contributed by atoms with van der Waals surface area (Å²) in [6, 6.07) is 59.3. The minimum atomic E-state index is 0.135. The van der Waals surface area contributed by atoms with Gasteiger partial charge in [0.25, 0.3) is 6.71 Å². The standard InChI is InChI=1S/C60H43BN2/c1-3-20-46-42(16-1)44-18-5-7-22-48(44)52-34-40(26-28-50(46)52)62-56-24-11-25-57-60(56)61(54-30-36-12-9-14-38(36)32-58(54)62)55-31-37-13-10-15-39(37)33-59(55)63(57)41-27-29-51-47-21-4-2-17-43(47)45-19-6-8-23-49(45)53(51)35-41/h1-8,11,16-35,44,48H,9-10,12-15H2. The smallest absolute Gasteiger partial charge is 0.252 e. The van der Waals surface area contributed by atoms with Crippen LogP contribution in [0.5, 0.6) is 0 Å². The second-order valence-electron chi connectivity index (χ2n) is 18.9. The molecule has 0 radical (unpaired) electrons. The van der Waals surface area contributed by atoms with Crippen LogP contribution in [0.2, 0.25) is 0 Å². The van der Waals surface area contributed by atoms with Gasteiger partial charge in [0, 0.05) is 46.0 Å². The predicted octanol–water partition coefficient (Wildman–Crippen LogP) is 13.2. The molecule has 2 nitrogen and oxygen atoms in total. The SMILES string of the molecule is C1=CC2c3ccccc3-c3ccc(N4c5cc6c(cc5B5c7cc8c(cc7N(c7ccc9c%10ccccc%10c%10ccccc%10c9c7)c7cccc4c75)CCC8)CCC6)cc3C2C=C1. The van der Waals surface area contributed by atoms with Crippen molar-refractivity contribution in [3.63, 3.8) is 0 Å². The molecule has 15 rings (SSSR count). The van der Waals surface area contributed by atoms with Gasteiger partial charge in [-0.05, 0) is 180 Å². The average Bonchev–Trinajstić information content (AvgIpc) is 4.02. The molecule has 9 aromatic rings. The summed E-state index contributed by atoms with van der Waals surface area (Å²) < 4.78 is 0. The van der Waals surface area contributed by atoms with Gasteiger partial charge in [-0.3, -0.25) is 0 Å². The molecule has 9 aromatic carbocycles. The van der Waals surface area contributed by atoms with E-state index >= 15 is 0 Å². The molecule has 296 valence electrons. The topological polar surface area (TPSA) is 6.48 Å². The highest BCUT2D eigenvalue weighted by Crippen LogP contribution is 2.52. The fourth-order valence-electron chi connectivity index (χ4n) is 13.1. The first kappa shape index (κ1) is 34.5. The van der Waals surface area contributed by atoms with Crippen molar-refractivity contribution in [3.05, 3.63) is 209 Å². The van der Waals surface area contributed by atoms with Crippen LogP contribution in [0.3, 0.4) is 0 Å². The first-order chi connectivity index (χ1) is 31.2. The largest absolute Gasteiger partial charge is 0.311 e. The highest BCUT2D eigenvalue weighted by molar-refractivity contribution is 7.00. The second kappa shape index (κ2) is 12.7. The number of allylic oxidation sites excluding steroid dienone is 4. The molecule has 2 atom stereocenters. The molecular formula is C60H43BN2. The van der Waals surface area contributed by atoms with Crippen LogP contribution in [0.15, 0.2) is 176 Å². The summed E-state index contributed by atoms with van der Waals surface area (Å²) in [5.74, 6) is 0.635. The van der Waals surface area contributed by atoms with Crippen LogP contribution in [0.1, 0.15) is 58.1 Å². The zero-order chi connectivity index (χ0) is 40.9. The van der Waals surface area contributed by atoms with E-state index in [2.05, 4.69) is 186 Å². The summed E-state index contributed by atoms with van der Waals surface area (Å²) in [4.78, 5) is 5.29. The van der Waals surface area contributed by atoms with Crippen molar-refractivity contribution >= 4 is 89.5 Å².